The van der Waals surface area contributed by atoms with Gasteiger partial charge in [0.25, 0.3) is 0 Å². The molecule has 120 valence electrons. The van der Waals surface area contributed by atoms with Crippen LogP contribution in [0.3, 0.4) is 0 Å². The summed E-state index contributed by atoms with van der Waals surface area (Å²) in [5.74, 6) is -0.194. The molecule has 5 N–H and O–H groups in total. The molecule has 0 aliphatic heterocycles. The van der Waals surface area contributed by atoms with Gasteiger partial charge in [-0.3, -0.25) is 0 Å². The van der Waals surface area contributed by atoms with E-state index >= 15 is 0 Å². The summed E-state index contributed by atoms with van der Waals surface area (Å²) in [6.45, 7) is 2.89. The van der Waals surface area contributed by atoms with Crippen molar-refractivity contribution in [2.24, 2.45) is 16.5 Å². The number of urea groups is 1. The highest BCUT2D eigenvalue weighted by molar-refractivity contribution is 8.93. The van der Waals surface area contributed by atoms with Crippen molar-refractivity contribution in [2.45, 2.75) is 71.1 Å². The predicted molar refractivity (Wildman–Crippen MR) is 91.4 cm³/mol. The number of nitrogens with two attached hydrogens (primary N) is 2. The maximum Gasteiger partial charge on any atom is 0.344 e. The molecule has 0 aliphatic rings. The molecule has 0 aromatic carbocycles. The monoisotopic (exact) mass is 350 g/mol. The summed E-state index contributed by atoms with van der Waals surface area (Å²) in [7, 11) is 0. The first-order valence-corrected chi connectivity index (χ1v) is 7.54. The van der Waals surface area contributed by atoms with E-state index in [1.165, 1.54) is 51.4 Å². The van der Waals surface area contributed by atoms with Gasteiger partial charge in [-0.15, -0.1) is 17.0 Å². The first-order chi connectivity index (χ1) is 9.16. The number of aliphatic imine (C=N–C) groups is 1. The van der Waals surface area contributed by atoms with Gasteiger partial charge >= 0.3 is 6.03 Å². The zero-order chi connectivity index (χ0) is 14.3. The first-order valence-electron chi connectivity index (χ1n) is 7.54. The third kappa shape index (κ3) is 17.2. The fraction of sp³-hybridized carbons (Fsp3) is 0.857. The highest BCUT2D eigenvalue weighted by Gasteiger charge is 1.97. The van der Waals surface area contributed by atoms with Crippen LogP contribution in [0, 0.1) is 0 Å². The van der Waals surface area contributed by atoms with Crippen LogP contribution < -0.4 is 16.8 Å². The Labute approximate surface area is 133 Å². The fourth-order valence-corrected chi connectivity index (χ4v) is 1.96. The summed E-state index contributed by atoms with van der Waals surface area (Å²) in [6.07, 6.45) is 12.8. The smallest absolute Gasteiger partial charge is 0.344 e. The molecule has 6 heteroatoms. The summed E-state index contributed by atoms with van der Waals surface area (Å²) < 4.78 is 0. The summed E-state index contributed by atoms with van der Waals surface area (Å²) >= 11 is 0. The lowest BCUT2D eigenvalue weighted by Gasteiger charge is -2.03. The number of nitrogens with zero attached hydrogens (tertiary/aromatic N) is 1. The van der Waals surface area contributed by atoms with Crippen molar-refractivity contribution in [1.29, 1.82) is 0 Å². The third-order valence-electron chi connectivity index (χ3n) is 3.04. The van der Waals surface area contributed by atoms with Gasteiger partial charge in [0.2, 0.25) is 0 Å². The summed E-state index contributed by atoms with van der Waals surface area (Å²) in [5, 5.41) is 2.65. The standard InChI is InChI=1S/C14H30N4O.BrH/c1-2-3-4-5-6-7-8-9-10-11-12-17-14(19)18-13(15)16;/h2-12H2,1H3,(H5,15,16,17,18,19);1H. The number of guanidine groups is 1. The molecule has 0 radical (unpaired) electrons. The highest BCUT2D eigenvalue weighted by atomic mass is 79.9. The zero-order valence-electron chi connectivity index (χ0n) is 12.7. The normalized spacial score (nSPS) is 9.65. The number of halogens is 1. The Balaban J connectivity index is 0. The molecule has 0 unspecified atom stereocenters. The second-order valence-electron chi connectivity index (χ2n) is 4.95. The quantitative estimate of drug-likeness (QED) is 0.302. The van der Waals surface area contributed by atoms with Crippen LogP contribution in [0.25, 0.3) is 0 Å². The molecule has 0 bridgehead atoms. The van der Waals surface area contributed by atoms with Gasteiger partial charge < -0.3 is 16.8 Å². The topological polar surface area (TPSA) is 93.5 Å². The Hall–Kier alpha value is -0.780. The van der Waals surface area contributed by atoms with E-state index in [9.17, 15) is 4.79 Å². The van der Waals surface area contributed by atoms with E-state index in [2.05, 4.69) is 17.2 Å². The van der Waals surface area contributed by atoms with Crippen molar-refractivity contribution in [3.05, 3.63) is 0 Å². The van der Waals surface area contributed by atoms with E-state index in [-0.39, 0.29) is 22.9 Å². The Morgan fingerprint density at radius 2 is 1.35 bits per heavy atom. The summed E-state index contributed by atoms with van der Waals surface area (Å²) in [6, 6.07) is -0.448. The SMILES string of the molecule is Br.CCCCCCCCCCCCNC(=O)N=C(N)N. The molecule has 0 saturated carbocycles. The number of rotatable bonds is 11. The van der Waals surface area contributed by atoms with Crippen LogP contribution >= 0.6 is 17.0 Å². The molecule has 0 aromatic rings. The number of amides is 2. The second-order valence-corrected chi connectivity index (χ2v) is 4.95. The minimum atomic E-state index is -0.448. The van der Waals surface area contributed by atoms with Gasteiger partial charge in [0.15, 0.2) is 5.96 Å². The number of carbonyl (C=O) groups is 1. The first kappa shape index (κ1) is 21.5. The number of nitrogens with one attached hydrogen (secondary N) is 1. The van der Waals surface area contributed by atoms with E-state index < -0.39 is 6.03 Å². The van der Waals surface area contributed by atoms with E-state index in [0.717, 1.165) is 12.8 Å². The average Bonchev–Trinajstić information content (AvgIpc) is 2.35. The van der Waals surface area contributed by atoms with Gasteiger partial charge in [0.05, 0.1) is 0 Å². The lowest BCUT2D eigenvalue weighted by Crippen LogP contribution is -2.29. The number of hydrogen-bond donors (Lipinski definition) is 3. The van der Waals surface area contributed by atoms with Crippen molar-refractivity contribution in [3.8, 4) is 0 Å². The van der Waals surface area contributed by atoms with Gasteiger partial charge in [0.1, 0.15) is 0 Å². The van der Waals surface area contributed by atoms with Crippen LogP contribution in [-0.4, -0.2) is 18.5 Å². The maximum atomic E-state index is 11.1. The van der Waals surface area contributed by atoms with Crippen LogP contribution in [-0.2, 0) is 0 Å². The van der Waals surface area contributed by atoms with Crippen LogP contribution in [0.5, 0.6) is 0 Å². The van der Waals surface area contributed by atoms with Gasteiger partial charge in [-0.2, -0.15) is 4.99 Å². The molecule has 20 heavy (non-hydrogen) atoms. The minimum Gasteiger partial charge on any atom is -0.370 e. The Morgan fingerprint density at radius 3 is 1.80 bits per heavy atom. The van der Waals surface area contributed by atoms with Crippen LogP contribution in [0.2, 0.25) is 0 Å². The number of carbonyl (C=O) groups excluding carboxylic acids is 1. The predicted octanol–water partition coefficient (Wildman–Crippen LogP) is 3.47. The third-order valence-corrected chi connectivity index (χ3v) is 3.04. The Bertz CT molecular complexity index is 256. The lowest BCUT2D eigenvalue weighted by molar-refractivity contribution is 0.249. The highest BCUT2D eigenvalue weighted by Crippen LogP contribution is 2.10. The summed E-state index contributed by atoms with van der Waals surface area (Å²) in [4.78, 5) is 14.4. The fourth-order valence-electron chi connectivity index (χ4n) is 1.96. The molecule has 0 rings (SSSR count). The minimum absolute atomic E-state index is 0. The van der Waals surface area contributed by atoms with E-state index in [0.29, 0.717) is 6.54 Å². The number of hydrogen-bond acceptors (Lipinski definition) is 1. The maximum absolute atomic E-state index is 11.1. The molecular weight excluding hydrogens is 320 g/mol. The van der Waals surface area contributed by atoms with Gasteiger partial charge in [-0.25, -0.2) is 4.79 Å². The molecule has 5 nitrogen and oxygen atoms in total. The molecule has 0 atom stereocenters. The summed E-state index contributed by atoms with van der Waals surface area (Å²) in [5.41, 5.74) is 10.2. The Kier molecular flexibility index (Phi) is 17.5. The van der Waals surface area contributed by atoms with Gasteiger partial charge in [-0.1, -0.05) is 64.7 Å². The lowest BCUT2D eigenvalue weighted by atomic mass is 10.1. The van der Waals surface area contributed by atoms with Crippen molar-refractivity contribution >= 4 is 29.0 Å². The Morgan fingerprint density at radius 1 is 0.900 bits per heavy atom. The van der Waals surface area contributed by atoms with Crippen molar-refractivity contribution in [3.63, 3.8) is 0 Å². The van der Waals surface area contributed by atoms with E-state index in [4.69, 9.17) is 11.5 Å². The molecule has 0 spiro atoms. The molecular formula is C14H31BrN4O. The largest absolute Gasteiger partial charge is 0.370 e. The van der Waals surface area contributed by atoms with Crippen LogP contribution in [0.4, 0.5) is 4.79 Å². The van der Waals surface area contributed by atoms with E-state index in [1.807, 2.05) is 0 Å². The average molecular weight is 351 g/mol. The van der Waals surface area contributed by atoms with Gasteiger partial charge in [0, 0.05) is 6.54 Å². The molecule has 0 heterocycles. The molecule has 0 aliphatic carbocycles. The van der Waals surface area contributed by atoms with Crippen LogP contribution in [0.15, 0.2) is 4.99 Å². The molecule has 0 aromatic heterocycles. The van der Waals surface area contributed by atoms with Gasteiger partial charge in [-0.05, 0) is 6.42 Å². The van der Waals surface area contributed by atoms with Crippen molar-refractivity contribution in [1.82, 2.24) is 5.32 Å². The molecule has 2 amide bonds. The zero-order valence-corrected chi connectivity index (χ0v) is 14.4. The molecule has 0 saturated heterocycles. The van der Waals surface area contributed by atoms with Crippen LogP contribution in [0.1, 0.15) is 71.1 Å². The molecule has 0 fully saturated rings. The van der Waals surface area contributed by atoms with Crippen molar-refractivity contribution in [2.75, 3.05) is 6.54 Å². The second kappa shape index (κ2) is 16.3. The number of unbranched alkanes of at least 4 members (excludes halogenated alkanes) is 9. The van der Waals surface area contributed by atoms with Crippen molar-refractivity contribution < 1.29 is 4.79 Å². The van der Waals surface area contributed by atoms with E-state index in [1.54, 1.807) is 0 Å².